The fraction of sp³-hybridized carbons (Fsp3) is 0.300. The number of halogens is 1. The van der Waals surface area contributed by atoms with E-state index in [9.17, 15) is 4.39 Å². The predicted octanol–water partition coefficient (Wildman–Crippen LogP) is 3.56. The Hall–Kier alpha value is -2.35. The van der Waals surface area contributed by atoms with Gasteiger partial charge in [0, 0.05) is 18.8 Å². The second-order valence-electron chi connectivity index (χ2n) is 6.29. The number of nitrogens with one attached hydrogen (secondary N) is 2. The van der Waals surface area contributed by atoms with Crippen molar-refractivity contribution >= 4 is 28.7 Å². The van der Waals surface area contributed by atoms with Gasteiger partial charge in [-0.1, -0.05) is 30.3 Å². The molecule has 1 heterocycles. The average Bonchev–Trinajstić information content (AvgIpc) is 2.70. The van der Waals surface area contributed by atoms with E-state index >= 15 is 0 Å². The van der Waals surface area contributed by atoms with E-state index in [1.165, 1.54) is 17.7 Å². The molecule has 2 aromatic carbocycles. The molecule has 1 aliphatic rings. The summed E-state index contributed by atoms with van der Waals surface area (Å²) in [7, 11) is 0. The fourth-order valence-electron chi connectivity index (χ4n) is 3.08. The van der Waals surface area contributed by atoms with E-state index < -0.39 is 0 Å². The van der Waals surface area contributed by atoms with E-state index in [4.69, 9.17) is 17.0 Å². The molecule has 142 valence electrons. The van der Waals surface area contributed by atoms with Crippen LogP contribution >= 0.6 is 12.2 Å². The van der Waals surface area contributed by atoms with Crippen molar-refractivity contribution in [1.82, 2.24) is 10.3 Å². The summed E-state index contributed by atoms with van der Waals surface area (Å²) in [5.41, 5.74) is 5.68. The standard InChI is InChI=1S/C20H23FN4OS/c1-15(23-24-20(27)22-18-9-7-17(21)8-10-18)19(16-5-3-2-4-6-16)25-11-13-26-14-12-25/h2-10,19H,11-14H2,1H3,(H2,22,24,27)/b23-15-/t19-/m1/s1. The second-order valence-corrected chi connectivity index (χ2v) is 6.70. The number of hydrazone groups is 1. The van der Waals surface area contributed by atoms with Gasteiger partial charge in [0.1, 0.15) is 5.82 Å². The molecule has 0 aromatic heterocycles. The Labute approximate surface area is 164 Å². The molecule has 1 fully saturated rings. The van der Waals surface area contributed by atoms with Gasteiger partial charge in [-0.15, -0.1) is 0 Å². The molecule has 3 rings (SSSR count). The van der Waals surface area contributed by atoms with Gasteiger partial charge in [0.2, 0.25) is 0 Å². The van der Waals surface area contributed by atoms with Crippen molar-refractivity contribution in [2.45, 2.75) is 13.0 Å². The monoisotopic (exact) mass is 386 g/mol. The summed E-state index contributed by atoms with van der Waals surface area (Å²) < 4.78 is 18.5. The first-order valence-corrected chi connectivity index (χ1v) is 9.28. The predicted molar refractivity (Wildman–Crippen MR) is 110 cm³/mol. The lowest BCUT2D eigenvalue weighted by molar-refractivity contribution is 0.0285. The highest BCUT2D eigenvalue weighted by atomic mass is 32.1. The van der Waals surface area contributed by atoms with E-state index in [2.05, 4.69) is 32.9 Å². The van der Waals surface area contributed by atoms with Crippen LogP contribution in [0.2, 0.25) is 0 Å². The van der Waals surface area contributed by atoms with E-state index in [0.717, 1.165) is 18.8 Å². The lowest BCUT2D eigenvalue weighted by Crippen LogP contribution is -2.42. The van der Waals surface area contributed by atoms with E-state index in [0.29, 0.717) is 24.0 Å². The minimum absolute atomic E-state index is 0.0521. The normalized spacial score (nSPS) is 16.6. The van der Waals surface area contributed by atoms with Crippen LogP contribution in [0.15, 0.2) is 59.7 Å². The molecule has 0 radical (unpaired) electrons. The Balaban J connectivity index is 1.69. The van der Waals surface area contributed by atoms with Crippen LogP contribution in [0.5, 0.6) is 0 Å². The molecule has 5 nitrogen and oxygen atoms in total. The van der Waals surface area contributed by atoms with Gasteiger partial charge >= 0.3 is 0 Å². The Morgan fingerprint density at radius 1 is 1.11 bits per heavy atom. The number of anilines is 1. The molecule has 1 aliphatic heterocycles. The van der Waals surface area contributed by atoms with E-state index in [1.807, 2.05) is 25.1 Å². The number of benzene rings is 2. The highest BCUT2D eigenvalue weighted by Crippen LogP contribution is 2.23. The number of thiocarbonyl (C=S) groups is 1. The highest BCUT2D eigenvalue weighted by molar-refractivity contribution is 7.80. The van der Waals surface area contributed by atoms with Crippen LogP contribution in [0.25, 0.3) is 0 Å². The van der Waals surface area contributed by atoms with Gasteiger partial charge in [-0.25, -0.2) is 4.39 Å². The smallest absolute Gasteiger partial charge is 0.191 e. The topological polar surface area (TPSA) is 48.9 Å². The van der Waals surface area contributed by atoms with Crippen LogP contribution < -0.4 is 10.7 Å². The molecule has 7 heteroatoms. The quantitative estimate of drug-likeness (QED) is 0.467. The lowest BCUT2D eigenvalue weighted by Gasteiger charge is -2.34. The average molecular weight is 386 g/mol. The molecule has 2 aromatic rings. The van der Waals surface area contributed by atoms with Crippen molar-refractivity contribution in [1.29, 1.82) is 0 Å². The summed E-state index contributed by atoms with van der Waals surface area (Å²) in [5.74, 6) is -0.287. The third-order valence-corrected chi connectivity index (χ3v) is 4.55. The maximum Gasteiger partial charge on any atom is 0.191 e. The zero-order valence-corrected chi connectivity index (χ0v) is 16.0. The van der Waals surface area contributed by atoms with Gasteiger partial charge in [0.15, 0.2) is 5.11 Å². The number of rotatable bonds is 5. The van der Waals surface area contributed by atoms with Crippen LogP contribution in [0.3, 0.4) is 0 Å². The molecule has 2 N–H and O–H groups in total. The Kier molecular flexibility index (Phi) is 6.86. The van der Waals surface area contributed by atoms with Crippen LogP contribution in [0.1, 0.15) is 18.5 Å². The molecular formula is C20H23FN4OS. The Morgan fingerprint density at radius 3 is 2.44 bits per heavy atom. The van der Waals surface area contributed by atoms with Gasteiger partial charge in [-0.3, -0.25) is 10.3 Å². The molecule has 0 saturated carbocycles. The van der Waals surface area contributed by atoms with Gasteiger partial charge in [0.25, 0.3) is 0 Å². The van der Waals surface area contributed by atoms with E-state index in [-0.39, 0.29) is 11.9 Å². The van der Waals surface area contributed by atoms with Gasteiger partial charge in [-0.2, -0.15) is 5.10 Å². The Morgan fingerprint density at radius 2 is 1.78 bits per heavy atom. The second kappa shape index (κ2) is 9.55. The van der Waals surface area contributed by atoms with Crippen molar-refractivity contribution in [2.24, 2.45) is 5.10 Å². The van der Waals surface area contributed by atoms with Crippen molar-refractivity contribution < 1.29 is 9.13 Å². The first-order valence-electron chi connectivity index (χ1n) is 8.87. The number of ether oxygens (including phenoxy) is 1. The SMILES string of the molecule is C/C(=N/NC(=S)Nc1ccc(F)cc1)[C@H](c1ccccc1)N1CCOCC1. The minimum Gasteiger partial charge on any atom is -0.379 e. The molecule has 1 atom stereocenters. The number of hydrogen-bond donors (Lipinski definition) is 2. The lowest BCUT2D eigenvalue weighted by atomic mass is 10.0. The Bertz CT molecular complexity index is 776. The number of nitrogens with zero attached hydrogens (tertiary/aromatic N) is 2. The maximum absolute atomic E-state index is 13.0. The van der Waals surface area contributed by atoms with Crippen LogP contribution in [-0.2, 0) is 4.74 Å². The summed E-state index contributed by atoms with van der Waals surface area (Å²) in [6.07, 6.45) is 0. The fourth-order valence-corrected chi connectivity index (χ4v) is 3.24. The minimum atomic E-state index is -0.287. The third-order valence-electron chi connectivity index (χ3n) is 4.36. The zero-order valence-electron chi connectivity index (χ0n) is 15.2. The molecule has 0 amide bonds. The molecule has 0 aliphatic carbocycles. The van der Waals surface area contributed by atoms with Crippen LogP contribution in [0.4, 0.5) is 10.1 Å². The van der Waals surface area contributed by atoms with Crippen molar-refractivity contribution in [3.63, 3.8) is 0 Å². The van der Waals surface area contributed by atoms with Gasteiger partial charge in [-0.05, 0) is 49.0 Å². The molecular weight excluding hydrogens is 363 g/mol. The number of hydrogen-bond acceptors (Lipinski definition) is 4. The summed E-state index contributed by atoms with van der Waals surface area (Å²) >= 11 is 5.29. The van der Waals surface area contributed by atoms with Crippen LogP contribution in [0, 0.1) is 5.82 Å². The van der Waals surface area contributed by atoms with Crippen molar-refractivity contribution in [2.75, 3.05) is 31.6 Å². The molecule has 0 bridgehead atoms. The molecule has 0 spiro atoms. The van der Waals surface area contributed by atoms with Gasteiger partial charge < -0.3 is 10.1 Å². The zero-order chi connectivity index (χ0) is 19.1. The molecule has 0 unspecified atom stereocenters. The van der Waals surface area contributed by atoms with E-state index in [1.54, 1.807) is 12.1 Å². The highest BCUT2D eigenvalue weighted by Gasteiger charge is 2.25. The first kappa shape index (κ1) is 19.4. The van der Waals surface area contributed by atoms with Gasteiger partial charge in [0.05, 0.1) is 25.0 Å². The third kappa shape index (κ3) is 5.56. The largest absolute Gasteiger partial charge is 0.379 e. The summed E-state index contributed by atoms with van der Waals surface area (Å²) in [4.78, 5) is 2.36. The molecule has 1 saturated heterocycles. The summed E-state index contributed by atoms with van der Waals surface area (Å²) in [6.45, 7) is 5.12. The van der Waals surface area contributed by atoms with Crippen LogP contribution in [-0.4, -0.2) is 42.0 Å². The number of morpholine rings is 1. The summed E-state index contributed by atoms with van der Waals surface area (Å²) in [6, 6.07) is 16.3. The first-order chi connectivity index (χ1) is 13.1. The molecule has 27 heavy (non-hydrogen) atoms. The van der Waals surface area contributed by atoms with Crippen molar-refractivity contribution in [3.05, 3.63) is 66.0 Å². The maximum atomic E-state index is 13.0. The summed E-state index contributed by atoms with van der Waals surface area (Å²) in [5, 5.41) is 7.85. The van der Waals surface area contributed by atoms with Crippen molar-refractivity contribution in [3.8, 4) is 0 Å².